The van der Waals surface area contributed by atoms with Crippen molar-refractivity contribution in [2.45, 2.75) is 32.3 Å². The SMILES string of the molecule is C[C@H](O)c1ccc(N2CCCCC2)c([N+](=O)[O-])c1. The number of anilines is 1. The normalized spacial score (nSPS) is 17.6. The van der Waals surface area contributed by atoms with Crippen molar-refractivity contribution in [3.63, 3.8) is 0 Å². The van der Waals surface area contributed by atoms with Gasteiger partial charge in [0, 0.05) is 19.2 Å². The molecule has 0 saturated carbocycles. The van der Waals surface area contributed by atoms with Gasteiger partial charge in [0.15, 0.2) is 0 Å². The Morgan fingerprint density at radius 1 is 1.33 bits per heavy atom. The van der Waals surface area contributed by atoms with Crippen molar-refractivity contribution in [1.29, 1.82) is 0 Å². The van der Waals surface area contributed by atoms with Gasteiger partial charge in [0.2, 0.25) is 0 Å². The van der Waals surface area contributed by atoms with Gasteiger partial charge in [0.1, 0.15) is 5.69 Å². The van der Waals surface area contributed by atoms with Crippen molar-refractivity contribution >= 4 is 11.4 Å². The van der Waals surface area contributed by atoms with Gasteiger partial charge in [-0.2, -0.15) is 0 Å². The Morgan fingerprint density at radius 2 is 2.00 bits per heavy atom. The number of nitro groups is 1. The van der Waals surface area contributed by atoms with E-state index in [1.165, 1.54) is 12.5 Å². The molecule has 1 heterocycles. The van der Waals surface area contributed by atoms with Gasteiger partial charge >= 0.3 is 0 Å². The largest absolute Gasteiger partial charge is 0.389 e. The van der Waals surface area contributed by atoms with Gasteiger partial charge in [-0.15, -0.1) is 0 Å². The van der Waals surface area contributed by atoms with Crippen molar-refractivity contribution in [3.05, 3.63) is 33.9 Å². The fourth-order valence-electron chi connectivity index (χ4n) is 2.35. The first-order chi connectivity index (χ1) is 8.59. The van der Waals surface area contributed by atoms with Crippen LogP contribution >= 0.6 is 0 Å². The Bertz CT molecular complexity index is 440. The maximum Gasteiger partial charge on any atom is 0.292 e. The highest BCUT2D eigenvalue weighted by molar-refractivity contribution is 5.64. The van der Waals surface area contributed by atoms with E-state index >= 15 is 0 Å². The molecule has 5 nitrogen and oxygen atoms in total. The predicted octanol–water partition coefficient (Wildman–Crippen LogP) is 2.64. The summed E-state index contributed by atoms with van der Waals surface area (Å²) in [6.07, 6.45) is 2.67. The molecular formula is C13H18N2O3. The van der Waals surface area contributed by atoms with E-state index in [0.29, 0.717) is 11.3 Å². The summed E-state index contributed by atoms with van der Waals surface area (Å²) in [5.74, 6) is 0. The summed E-state index contributed by atoms with van der Waals surface area (Å²) in [6.45, 7) is 3.35. The van der Waals surface area contributed by atoms with E-state index in [4.69, 9.17) is 0 Å². The third-order valence-corrected chi connectivity index (χ3v) is 3.38. The number of piperidine rings is 1. The first kappa shape index (κ1) is 12.8. The number of hydrogen-bond acceptors (Lipinski definition) is 4. The van der Waals surface area contributed by atoms with Gasteiger partial charge in [-0.25, -0.2) is 0 Å². The van der Waals surface area contributed by atoms with E-state index in [1.54, 1.807) is 19.1 Å². The molecule has 1 saturated heterocycles. The Hall–Kier alpha value is -1.62. The second-order valence-electron chi connectivity index (χ2n) is 4.73. The molecule has 98 valence electrons. The fraction of sp³-hybridized carbons (Fsp3) is 0.538. The van der Waals surface area contributed by atoms with Gasteiger partial charge < -0.3 is 10.0 Å². The lowest BCUT2D eigenvalue weighted by Gasteiger charge is -2.28. The Morgan fingerprint density at radius 3 is 2.56 bits per heavy atom. The molecule has 1 aliphatic heterocycles. The van der Waals surface area contributed by atoms with Crippen LogP contribution in [0, 0.1) is 10.1 Å². The quantitative estimate of drug-likeness (QED) is 0.661. The third kappa shape index (κ3) is 2.61. The fourth-order valence-corrected chi connectivity index (χ4v) is 2.35. The van der Waals surface area contributed by atoms with Crippen LogP contribution in [0.15, 0.2) is 18.2 Å². The number of benzene rings is 1. The van der Waals surface area contributed by atoms with Crippen LogP contribution in [0.4, 0.5) is 11.4 Å². The maximum absolute atomic E-state index is 11.1. The van der Waals surface area contributed by atoms with Gasteiger partial charge in [-0.05, 0) is 37.8 Å². The van der Waals surface area contributed by atoms with Crippen molar-refractivity contribution in [2.24, 2.45) is 0 Å². The van der Waals surface area contributed by atoms with Gasteiger partial charge in [0.25, 0.3) is 5.69 Å². The highest BCUT2D eigenvalue weighted by Crippen LogP contribution is 2.32. The molecule has 1 aliphatic rings. The highest BCUT2D eigenvalue weighted by atomic mass is 16.6. The molecular weight excluding hydrogens is 232 g/mol. The lowest BCUT2D eigenvalue weighted by atomic mass is 10.1. The Labute approximate surface area is 106 Å². The second kappa shape index (κ2) is 5.35. The van der Waals surface area contributed by atoms with Crippen LogP contribution in [0.25, 0.3) is 0 Å². The second-order valence-corrected chi connectivity index (χ2v) is 4.73. The van der Waals surface area contributed by atoms with Crippen LogP contribution in [0.5, 0.6) is 0 Å². The summed E-state index contributed by atoms with van der Waals surface area (Å²) in [7, 11) is 0. The molecule has 5 heteroatoms. The number of nitrogens with zero attached hydrogens (tertiary/aromatic N) is 2. The van der Waals surface area contributed by atoms with E-state index in [2.05, 4.69) is 4.90 Å². The monoisotopic (exact) mass is 250 g/mol. The molecule has 0 radical (unpaired) electrons. The van der Waals surface area contributed by atoms with E-state index < -0.39 is 6.10 Å². The molecule has 1 fully saturated rings. The minimum atomic E-state index is -0.681. The highest BCUT2D eigenvalue weighted by Gasteiger charge is 2.22. The van der Waals surface area contributed by atoms with E-state index in [-0.39, 0.29) is 10.6 Å². The zero-order valence-corrected chi connectivity index (χ0v) is 10.5. The van der Waals surface area contributed by atoms with Crippen molar-refractivity contribution < 1.29 is 10.0 Å². The zero-order valence-electron chi connectivity index (χ0n) is 10.5. The molecule has 0 amide bonds. The smallest absolute Gasteiger partial charge is 0.292 e. The number of nitro benzene ring substituents is 1. The average molecular weight is 250 g/mol. The summed E-state index contributed by atoms with van der Waals surface area (Å²) in [6, 6.07) is 5.00. The molecule has 1 aromatic rings. The topological polar surface area (TPSA) is 66.6 Å². The van der Waals surface area contributed by atoms with E-state index in [9.17, 15) is 15.2 Å². The summed E-state index contributed by atoms with van der Waals surface area (Å²) in [5, 5.41) is 20.6. The van der Waals surface area contributed by atoms with Gasteiger partial charge in [-0.1, -0.05) is 6.07 Å². The van der Waals surface area contributed by atoms with Crippen LogP contribution in [0.1, 0.15) is 37.9 Å². The summed E-state index contributed by atoms with van der Waals surface area (Å²) < 4.78 is 0. The first-order valence-corrected chi connectivity index (χ1v) is 6.31. The number of rotatable bonds is 3. The third-order valence-electron chi connectivity index (χ3n) is 3.38. The Balaban J connectivity index is 2.36. The minimum Gasteiger partial charge on any atom is -0.389 e. The molecule has 0 aromatic heterocycles. The van der Waals surface area contributed by atoms with E-state index in [1.807, 2.05) is 0 Å². The lowest BCUT2D eigenvalue weighted by Crippen LogP contribution is -2.29. The van der Waals surface area contributed by atoms with Gasteiger partial charge in [0.05, 0.1) is 11.0 Å². The zero-order chi connectivity index (χ0) is 13.1. The molecule has 18 heavy (non-hydrogen) atoms. The molecule has 2 rings (SSSR count). The summed E-state index contributed by atoms with van der Waals surface area (Å²) in [5.41, 5.74) is 1.35. The van der Waals surface area contributed by atoms with Crippen LogP contribution in [-0.4, -0.2) is 23.1 Å². The van der Waals surface area contributed by atoms with Crippen LogP contribution < -0.4 is 4.90 Å². The molecule has 0 unspecified atom stereocenters. The van der Waals surface area contributed by atoms with Crippen molar-refractivity contribution in [2.75, 3.05) is 18.0 Å². The van der Waals surface area contributed by atoms with Crippen LogP contribution in [0.3, 0.4) is 0 Å². The molecule has 0 aliphatic carbocycles. The number of aliphatic hydroxyl groups excluding tert-OH is 1. The first-order valence-electron chi connectivity index (χ1n) is 6.31. The maximum atomic E-state index is 11.1. The molecule has 1 aromatic carbocycles. The molecule has 1 N–H and O–H groups in total. The summed E-state index contributed by atoms with van der Waals surface area (Å²) in [4.78, 5) is 12.8. The van der Waals surface area contributed by atoms with Gasteiger partial charge in [-0.3, -0.25) is 10.1 Å². The molecule has 0 spiro atoms. The lowest BCUT2D eigenvalue weighted by molar-refractivity contribution is -0.384. The Kier molecular flexibility index (Phi) is 3.81. The van der Waals surface area contributed by atoms with Crippen LogP contribution in [-0.2, 0) is 0 Å². The summed E-state index contributed by atoms with van der Waals surface area (Å²) >= 11 is 0. The van der Waals surface area contributed by atoms with Crippen molar-refractivity contribution in [1.82, 2.24) is 0 Å². The molecule has 1 atom stereocenters. The number of hydrogen-bond donors (Lipinski definition) is 1. The van der Waals surface area contributed by atoms with Crippen LogP contribution in [0.2, 0.25) is 0 Å². The van der Waals surface area contributed by atoms with Crippen molar-refractivity contribution in [3.8, 4) is 0 Å². The predicted molar refractivity (Wildman–Crippen MR) is 69.8 cm³/mol. The number of aliphatic hydroxyl groups is 1. The average Bonchev–Trinajstić information content (AvgIpc) is 2.39. The minimum absolute atomic E-state index is 0.0929. The standard InChI is InChI=1S/C13H18N2O3/c1-10(16)11-5-6-12(13(9-11)15(17)18)14-7-3-2-4-8-14/h5-6,9-10,16H,2-4,7-8H2,1H3/t10-/m0/s1. The molecule has 0 bridgehead atoms. The van der Waals surface area contributed by atoms with E-state index in [0.717, 1.165) is 25.9 Å².